The lowest BCUT2D eigenvalue weighted by Crippen LogP contribution is -2.39. The van der Waals surface area contributed by atoms with Crippen molar-refractivity contribution in [2.45, 2.75) is 13.3 Å². The fourth-order valence-electron chi connectivity index (χ4n) is 2.54. The van der Waals surface area contributed by atoms with Crippen LogP contribution in [0.5, 0.6) is 11.5 Å². The highest BCUT2D eigenvalue weighted by atomic mass is 32.2. The summed E-state index contributed by atoms with van der Waals surface area (Å²) >= 11 is 1.25. The lowest BCUT2D eigenvalue weighted by molar-refractivity contribution is -0.115. The van der Waals surface area contributed by atoms with Gasteiger partial charge in [0.15, 0.2) is 11.6 Å². The number of carbonyl (C=O) groups excluding carboxylic acids is 1. The third kappa shape index (κ3) is 6.64. The minimum Gasteiger partial charge on any atom is -0.494 e. The van der Waals surface area contributed by atoms with E-state index >= 15 is 0 Å². The number of hydrogen-bond donors (Lipinski definition) is 0. The molecule has 0 fully saturated rings. The van der Waals surface area contributed by atoms with Crippen molar-refractivity contribution in [2.75, 3.05) is 35.3 Å². The third-order valence-electron chi connectivity index (χ3n) is 3.80. The topological polar surface area (TPSA) is 72.9 Å². The maximum absolute atomic E-state index is 14.1. The van der Waals surface area contributed by atoms with Crippen LogP contribution < -0.4 is 13.8 Å². The first-order chi connectivity index (χ1) is 13.9. The molecule has 0 unspecified atom stereocenters. The zero-order valence-electron chi connectivity index (χ0n) is 16.3. The van der Waals surface area contributed by atoms with Crippen molar-refractivity contribution in [3.63, 3.8) is 0 Å². The molecule has 1 amide bonds. The Morgan fingerprint density at radius 2 is 1.90 bits per heavy atom. The standard InChI is InChI=1S/C20H24FNO5S2/c1-3-13-29(24,25)22(16-9-10-19(26-2)18(21)14-16)20(23)15-28-12-11-27-17-7-5-4-6-8-17/h4-10,14H,3,11-13,15H2,1-2H3. The fourth-order valence-corrected chi connectivity index (χ4v) is 4.78. The van der Waals surface area contributed by atoms with E-state index in [0.29, 0.717) is 23.1 Å². The van der Waals surface area contributed by atoms with Crippen molar-refractivity contribution in [1.82, 2.24) is 0 Å². The first-order valence-electron chi connectivity index (χ1n) is 9.04. The van der Waals surface area contributed by atoms with Crippen molar-refractivity contribution >= 4 is 33.4 Å². The number of hydrogen-bond acceptors (Lipinski definition) is 6. The molecule has 0 N–H and O–H groups in total. The maximum atomic E-state index is 14.1. The molecule has 6 nitrogen and oxygen atoms in total. The van der Waals surface area contributed by atoms with Crippen LogP contribution in [0.1, 0.15) is 13.3 Å². The number of sulfonamides is 1. The number of thioether (sulfide) groups is 1. The Bertz CT molecular complexity index is 906. The molecule has 2 aromatic rings. The van der Waals surface area contributed by atoms with Gasteiger partial charge >= 0.3 is 0 Å². The Labute approximate surface area is 175 Å². The summed E-state index contributed by atoms with van der Waals surface area (Å²) in [6, 6.07) is 12.9. The summed E-state index contributed by atoms with van der Waals surface area (Å²) in [5, 5.41) is 0. The Kier molecular flexibility index (Phi) is 8.78. The largest absolute Gasteiger partial charge is 0.494 e. The number of carbonyl (C=O) groups is 1. The van der Waals surface area contributed by atoms with Gasteiger partial charge in [-0.2, -0.15) is 0 Å². The molecular formula is C20H24FNO5S2. The SMILES string of the molecule is CCCS(=O)(=O)N(C(=O)CSCCOc1ccccc1)c1ccc(OC)c(F)c1. The summed E-state index contributed by atoms with van der Waals surface area (Å²) in [5.41, 5.74) is -0.0390. The molecule has 0 spiro atoms. The fraction of sp³-hybridized carbons (Fsp3) is 0.350. The van der Waals surface area contributed by atoms with E-state index in [2.05, 4.69) is 0 Å². The Morgan fingerprint density at radius 3 is 2.52 bits per heavy atom. The molecule has 29 heavy (non-hydrogen) atoms. The normalized spacial score (nSPS) is 11.1. The van der Waals surface area contributed by atoms with Gasteiger partial charge in [-0.05, 0) is 30.7 Å². The van der Waals surface area contributed by atoms with E-state index in [-0.39, 0.29) is 22.9 Å². The van der Waals surface area contributed by atoms with Gasteiger partial charge < -0.3 is 9.47 Å². The second kappa shape index (κ2) is 11.1. The first kappa shape index (κ1) is 23.0. The van der Waals surface area contributed by atoms with Gasteiger partial charge in [-0.25, -0.2) is 17.1 Å². The van der Waals surface area contributed by atoms with Crippen molar-refractivity contribution in [3.8, 4) is 11.5 Å². The summed E-state index contributed by atoms with van der Waals surface area (Å²) in [6.45, 7) is 2.07. The van der Waals surface area contributed by atoms with Crippen molar-refractivity contribution in [2.24, 2.45) is 0 Å². The van der Waals surface area contributed by atoms with E-state index in [0.717, 1.165) is 11.8 Å². The van der Waals surface area contributed by atoms with Crippen molar-refractivity contribution in [1.29, 1.82) is 0 Å². The number of nitrogens with zero attached hydrogens (tertiary/aromatic N) is 1. The lowest BCUT2D eigenvalue weighted by Gasteiger charge is -2.22. The maximum Gasteiger partial charge on any atom is 0.250 e. The second-order valence-corrected chi connectivity index (χ2v) is 9.05. The Balaban J connectivity index is 2.04. The van der Waals surface area contributed by atoms with Gasteiger partial charge in [0.05, 0.1) is 30.9 Å². The predicted octanol–water partition coefficient (Wildman–Crippen LogP) is 3.72. The number of amides is 1. The van der Waals surface area contributed by atoms with Crippen LogP contribution in [0.4, 0.5) is 10.1 Å². The zero-order chi connectivity index (χ0) is 21.3. The number of halogens is 1. The molecular weight excluding hydrogens is 417 g/mol. The molecule has 0 aliphatic rings. The highest BCUT2D eigenvalue weighted by molar-refractivity contribution is 8.00. The van der Waals surface area contributed by atoms with Gasteiger partial charge in [0.2, 0.25) is 10.0 Å². The minimum absolute atomic E-state index is 0.0264. The molecule has 0 aromatic heterocycles. The van der Waals surface area contributed by atoms with Gasteiger partial charge in [0.1, 0.15) is 5.75 Å². The minimum atomic E-state index is -3.92. The van der Waals surface area contributed by atoms with Crippen LogP contribution in [0.2, 0.25) is 0 Å². The summed E-state index contributed by atoms with van der Waals surface area (Å²) in [5.74, 6) is -0.463. The van der Waals surface area contributed by atoms with Gasteiger partial charge in [0, 0.05) is 11.8 Å². The van der Waals surface area contributed by atoms with Gasteiger partial charge in [0.25, 0.3) is 5.91 Å². The highest BCUT2D eigenvalue weighted by Gasteiger charge is 2.29. The summed E-state index contributed by atoms with van der Waals surface area (Å²) in [4.78, 5) is 12.7. The smallest absolute Gasteiger partial charge is 0.250 e. The predicted molar refractivity (Wildman–Crippen MR) is 114 cm³/mol. The number of benzene rings is 2. The molecule has 0 aliphatic carbocycles. The van der Waals surface area contributed by atoms with Crippen LogP contribution in [-0.2, 0) is 14.8 Å². The van der Waals surface area contributed by atoms with Crippen LogP contribution >= 0.6 is 11.8 Å². The number of anilines is 1. The Hall–Kier alpha value is -2.26. The molecule has 2 aromatic carbocycles. The van der Waals surface area contributed by atoms with E-state index in [1.54, 1.807) is 6.92 Å². The molecule has 0 bridgehead atoms. The number of methoxy groups -OCH3 is 1. The number of para-hydroxylation sites is 1. The molecule has 9 heteroatoms. The molecule has 0 radical (unpaired) electrons. The Morgan fingerprint density at radius 1 is 1.17 bits per heavy atom. The van der Waals surface area contributed by atoms with E-state index < -0.39 is 21.7 Å². The van der Waals surface area contributed by atoms with Crippen molar-refractivity contribution < 1.29 is 27.1 Å². The molecule has 0 saturated heterocycles. The van der Waals surface area contributed by atoms with Crippen LogP contribution in [0, 0.1) is 5.82 Å². The van der Waals surface area contributed by atoms with E-state index in [4.69, 9.17) is 9.47 Å². The lowest BCUT2D eigenvalue weighted by atomic mass is 10.3. The van der Waals surface area contributed by atoms with Crippen LogP contribution in [0.25, 0.3) is 0 Å². The summed E-state index contributed by atoms with van der Waals surface area (Å²) in [6.07, 6.45) is 0.336. The summed E-state index contributed by atoms with van der Waals surface area (Å²) < 4.78 is 50.4. The number of rotatable bonds is 11. The molecule has 0 aliphatic heterocycles. The first-order valence-corrected chi connectivity index (χ1v) is 11.8. The van der Waals surface area contributed by atoms with E-state index in [9.17, 15) is 17.6 Å². The van der Waals surface area contributed by atoms with Crippen LogP contribution in [0.3, 0.4) is 0 Å². The van der Waals surface area contributed by atoms with Crippen LogP contribution in [0.15, 0.2) is 48.5 Å². The average Bonchev–Trinajstić information content (AvgIpc) is 2.68. The highest BCUT2D eigenvalue weighted by Crippen LogP contribution is 2.26. The summed E-state index contributed by atoms with van der Waals surface area (Å²) in [7, 11) is -2.61. The van der Waals surface area contributed by atoms with Crippen molar-refractivity contribution in [3.05, 3.63) is 54.3 Å². The molecule has 0 heterocycles. The molecule has 0 saturated carbocycles. The van der Waals surface area contributed by atoms with Crippen LogP contribution in [-0.4, -0.2) is 45.3 Å². The quantitative estimate of drug-likeness (QED) is 0.495. The molecule has 0 atom stereocenters. The molecule has 158 valence electrons. The van der Waals surface area contributed by atoms with Gasteiger partial charge in [-0.15, -0.1) is 11.8 Å². The zero-order valence-corrected chi connectivity index (χ0v) is 18.0. The second-order valence-electron chi connectivity index (χ2n) is 6.01. The monoisotopic (exact) mass is 441 g/mol. The van der Waals surface area contributed by atoms with Gasteiger partial charge in [-0.1, -0.05) is 25.1 Å². The van der Waals surface area contributed by atoms with E-state index in [1.165, 1.54) is 31.0 Å². The average molecular weight is 442 g/mol. The van der Waals surface area contributed by atoms with E-state index in [1.807, 2.05) is 30.3 Å². The van der Waals surface area contributed by atoms with Gasteiger partial charge in [-0.3, -0.25) is 4.79 Å². The molecule has 2 rings (SSSR count). The number of ether oxygens (including phenoxy) is 2. The third-order valence-corrected chi connectivity index (χ3v) is 6.60.